The zero-order valence-electron chi connectivity index (χ0n) is 10.1. The van der Waals surface area contributed by atoms with Crippen LogP contribution in [-0.2, 0) is 13.1 Å². The number of aryl methyl sites for hydroxylation is 1. The maximum Gasteiger partial charge on any atom is 0.106 e. The molecule has 0 unspecified atom stereocenters. The summed E-state index contributed by atoms with van der Waals surface area (Å²) in [5, 5.41) is 3.16. The molecule has 0 atom stereocenters. The van der Waals surface area contributed by atoms with Crippen LogP contribution < -0.4 is 5.32 Å². The Morgan fingerprint density at radius 1 is 1.29 bits per heavy atom. The van der Waals surface area contributed by atoms with Gasteiger partial charge in [0.05, 0.1) is 5.69 Å². The van der Waals surface area contributed by atoms with Gasteiger partial charge in [-0.25, -0.2) is 4.98 Å². The summed E-state index contributed by atoms with van der Waals surface area (Å²) in [7, 11) is 1.95. The molecule has 4 heteroatoms. The predicted octanol–water partition coefficient (Wildman–Crippen LogP) is 2.72. The fourth-order valence-electron chi connectivity index (χ4n) is 1.83. The lowest BCUT2D eigenvalue weighted by atomic mass is 10.2. The minimum absolute atomic E-state index is 0.845. The highest BCUT2D eigenvalue weighted by atomic mass is 79.9. The molecule has 0 radical (unpaired) electrons. The molecule has 0 aliphatic heterocycles. The van der Waals surface area contributed by atoms with E-state index in [0.29, 0.717) is 0 Å². The second kappa shape index (κ2) is 5.47. The Bertz CT molecular complexity index is 488. The number of hydrogen-bond donors (Lipinski definition) is 1. The van der Waals surface area contributed by atoms with Crippen molar-refractivity contribution in [3.63, 3.8) is 0 Å². The zero-order chi connectivity index (χ0) is 12.3. The van der Waals surface area contributed by atoms with E-state index in [4.69, 9.17) is 0 Å². The predicted molar refractivity (Wildman–Crippen MR) is 73.0 cm³/mol. The van der Waals surface area contributed by atoms with Crippen molar-refractivity contribution in [2.75, 3.05) is 7.05 Å². The Morgan fingerprint density at radius 2 is 2.00 bits per heavy atom. The van der Waals surface area contributed by atoms with Gasteiger partial charge in [0.2, 0.25) is 0 Å². The Labute approximate surface area is 110 Å². The number of nitrogens with one attached hydrogen (secondary N) is 1. The molecular weight excluding hydrogens is 278 g/mol. The van der Waals surface area contributed by atoms with Crippen LogP contribution >= 0.6 is 15.9 Å². The van der Waals surface area contributed by atoms with Gasteiger partial charge in [0.25, 0.3) is 0 Å². The smallest absolute Gasteiger partial charge is 0.106 e. The van der Waals surface area contributed by atoms with Crippen LogP contribution in [0.2, 0.25) is 0 Å². The van der Waals surface area contributed by atoms with E-state index in [1.54, 1.807) is 0 Å². The van der Waals surface area contributed by atoms with Crippen LogP contribution in [0.3, 0.4) is 0 Å². The van der Waals surface area contributed by atoms with Gasteiger partial charge in [-0.3, -0.25) is 0 Å². The van der Waals surface area contributed by atoms with E-state index in [1.807, 2.05) is 20.2 Å². The Hall–Kier alpha value is -1.13. The van der Waals surface area contributed by atoms with E-state index in [0.717, 1.165) is 23.4 Å². The summed E-state index contributed by atoms with van der Waals surface area (Å²) in [5.41, 5.74) is 2.50. The van der Waals surface area contributed by atoms with Gasteiger partial charge in [-0.15, -0.1) is 0 Å². The number of benzene rings is 1. The van der Waals surface area contributed by atoms with Gasteiger partial charge in [0.15, 0.2) is 0 Å². The van der Waals surface area contributed by atoms with Gasteiger partial charge in [-0.05, 0) is 31.7 Å². The number of aromatic nitrogens is 2. The highest BCUT2D eigenvalue weighted by Crippen LogP contribution is 2.13. The maximum absolute atomic E-state index is 4.36. The summed E-state index contributed by atoms with van der Waals surface area (Å²) >= 11 is 3.45. The van der Waals surface area contributed by atoms with Crippen molar-refractivity contribution in [1.29, 1.82) is 0 Å². The molecule has 0 aliphatic carbocycles. The zero-order valence-corrected chi connectivity index (χ0v) is 11.7. The third-order valence-electron chi connectivity index (χ3n) is 2.75. The number of halogens is 1. The minimum atomic E-state index is 0.845. The van der Waals surface area contributed by atoms with Gasteiger partial charge in [-0.2, -0.15) is 0 Å². The molecule has 90 valence electrons. The molecule has 0 fully saturated rings. The largest absolute Gasteiger partial charge is 0.327 e. The van der Waals surface area contributed by atoms with E-state index >= 15 is 0 Å². The van der Waals surface area contributed by atoms with Gasteiger partial charge < -0.3 is 9.88 Å². The van der Waals surface area contributed by atoms with Crippen LogP contribution in [0.5, 0.6) is 0 Å². The molecule has 0 bridgehead atoms. The molecule has 2 rings (SSSR count). The molecule has 1 heterocycles. The summed E-state index contributed by atoms with van der Waals surface area (Å²) in [6.07, 6.45) is 1.94. The quantitative estimate of drug-likeness (QED) is 0.939. The van der Waals surface area contributed by atoms with Crippen molar-refractivity contribution in [3.05, 3.63) is 52.0 Å². The van der Waals surface area contributed by atoms with Crippen molar-refractivity contribution >= 4 is 15.9 Å². The average Bonchev–Trinajstić information content (AvgIpc) is 2.65. The molecule has 0 saturated carbocycles. The summed E-state index contributed by atoms with van der Waals surface area (Å²) < 4.78 is 3.35. The molecule has 1 aromatic carbocycles. The third-order valence-corrected chi connectivity index (χ3v) is 3.28. The highest BCUT2D eigenvalue weighted by molar-refractivity contribution is 9.10. The Kier molecular flexibility index (Phi) is 3.97. The van der Waals surface area contributed by atoms with Gasteiger partial charge in [0, 0.05) is 23.8 Å². The van der Waals surface area contributed by atoms with E-state index < -0.39 is 0 Å². The molecule has 17 heavy (non-hydrogen) atoms. The average molecular weight is 294 g/mol. The molecule has 1 aromatic heterocycles. The van der Waals surface area contributed by atoms with Crippen molar-refractivity contribution in [2.45, 2.75) is 20.0 Å². The lowest BCUT2D eigenvalue weighted by Crippen LogP contribution is -2.12. The SMILES string of the molecule is CNCc1cnc(C)n1Cc1ccc(Br)cc1. The van der Waals surface area contributed by atoms with Crippen molar-refractivity contribution in [1.82, 2.24) is 14.9 Å². The molecule has 2 aromatic rings. The van der Waals surface area contributed by atoms with E-state index in [9.17, 15) is 0 Å². The van der Waals surface area contributed by atoms with Crippen LogP contribution in [-0.4, -0.2) is 16.6 Å². The van der Waals surface area contributed by atoms with Crippen molar-refractivity contribution in [3.8, 4) is 0 Å². The van der Waals surface area contributed by atoms with Crippen molar-refractivity contribution in [2.24, 2.45) is 0 Å². The monoisotopic (exact) mass is 293 g/mol. The topological polar surface area (TPSA) is 29.9 Å². The number of rotatable bonds is 4. The second-order valence-corrected chi connectivity index (χ2v) is 4.96. The van der Waals surface area contributed by atoms with Crippen LogP contribution in [0.25, 0.3) is 0 Å². The van der Waals surface area contributed by atoms with Gasteiger partial charge in [-0.1, -0.05) is 28.1 Å². The first-order valence-corrected chi connectivity index (χ1v) is 6.40. The van der Waals surface area contributed by atoms with Crippen LogP contribution in [0, 0.1) is 6.92 Å². The number of hydrogen-bond acceptors (Lipinski definition) is 2. The van der Waals surface area contributed by atoms with Gasteiger partial charge in [0.1, 0.15) is 5.82 Å². The number of imidazole rings is 1. The second-order valence-electron chi connectivity index (χ2n) is 4.04. The molecule has 0 aliphatic rings. The highest BCUT2D eigenvalue weighted by Gasteiger charge is 2.06. The third kappa shape index (κ3) is 2.96. The van der Waals surface area contributed by atoms with Crippen molar-refractivity contribution < 1.29 is 0 Å². The van der Waals surface area contributed by atoms with E-state index in [2.05, 4.69) is 55.1 Å². The van der Waals surface area contributed by atoms with Crippen LogP contribution in [0.1, 0.15) is 17.1 Å². The standard InChI is InChI=1S/C13H16BrN3/c1-10-16-8-13(7-15-2)17(10)9-11-3-5-12(14)6-4-11/h3-6,8,15H,7,9H2,1-2H3. The van der Waals surface area contributed by atoms with E-state index in [-0.39, 0.29) is 0 Å². The van der Waals surface area contributed by atoms with Crippen LogP contribution in [0.4, 0.5) is 0 Å². The summed E-state index contributed by atoms with van der Waals surface area (Å²) in [4.78, 5) is 4.36. The molecule has 3 nitrogen and oxygen atoms in total. The number of nitrogens with zero attached hydrogens (tertiary/aromatic N) is 2. The minimum Gasteiger partial charge on any atom is -0.327 e. The molecule has 0 amide bonds. The Balaban J connectivity index is 2.22. The molecule has 0 saturated heterocycles. The first kappa shape index (κ1) is 12.3. The van der Waals surface area contributed by atoms with E-state index in [1.165, 1.54) is 11.3 Å². The lowest BCUT2D eigenvalue weighted by molar-refractivity contribution is 0.676. The van der Waals surface area contributed by atoms with Gasteiger partial charge >= 0.3 is 0 Å². The first-order valence-electron chi connectivity index (χ1n) is 5.60. The maximum atomic E-state index is 4.36. The van der Waals surface area contributed by atoms with Crippen LogP contribution in [0.15, 0.2) is 34.9 Å². The molecular formula is C13H16BrN3. The lowest BCUT2D eigenvalue weighted by Gasteiger charge is -2.10. The fourth-order valence-corrected chi connectivity index (χ4v) is 2.09. The molecule has 1 N–H and O–H groups in total. The molecule has 0 spiro atoms. The summed E-state index contributed by atoms with van der Waals surface area (Å²) in [6, 6.07) is 8.40. The Morgan fingerprint density at radius 3 is 2.65 bits per heavy atom. The first-order chi connectivity index (χ1) is 8.20. The summed E-state index contributed by atoms with van der Waals surface area (Å²) in [6.45, 7) is 3.76. The fraction of sp³-hybridized carbons (Fsp3) is 0.308. The normalized spacial score (nSPS) is 10.8. The summed E-state index contributed by atoms with van der Waals surface area (Å²) in [5.74, 6) is 1.05.